The van der Waals surface area contributed by atoms with E-state index < -0.39 is 41.0 Å². The van der Waals surface area contributed by atoms with Crippen molar-refractivity contribution in [2.75, 3.05) is 18.5 Å². The van der Waals surface area contributed by atoms with Crippen molar-refractivity contribution in [2.45, 2.75) is 37.4 Å². The number of nitrogens with zero attached hydrogens (tertiary/aromatic N) is 2. The summed E-state index contributed by atoms with van der Waals surface area (Å²) in [5.41, 5.74) is -0.552. The Hall–Kier alpha value is -3.36. The molecule has 0 bridgehead atoms. The second-order valence-corrected chi connectivity index (χ2v) is 8.95. The summed E-state index contributed by atoms with van der Waals surface area (Å²) in [5.74, 6) is -1.35. The van der Waals surface area contributed by atoms with E-state index in [1.807, 2.05) is 35.2 Å². The van der Waals surface area contributed by atoms with E-state index in [4.69, 9.17) is 0 Å². The van der Waals surface area contributed by atoms with Crippen molar-refractivity contribution < 1.29 is 27.6 Å². The number of carbonyl (C=O) groups excluding carboxylic acids is 3. The Morgan fingerprint density at radius 3 is 2.48 bits per heavy atom. The number of alkyl halides is 3. The molecule has 1 spiro atoms. The van der Waals surface area contributed by atoms with Gasteiger partial charge in [0.15, 0.2) is 5.41 Å². The van der Waals surface area contributed by atoms with Gasteiger partial charge in [0.2, 0.25) is 11.8 Å². The van der Waals surface area contributed by atoms with Crippen molar-refractivity contribution in [3.63, 3.8) is 0 Å². The number of amides is 4. The molecule has 3 heterocycles. The number of urea groups is 1. The Kier molecular flexibility index (Phi) is 4.77. The molecule has 0 unspecified atom stereocenters. The zero-order valence-electron chi connectivity index (χ0n) is 17.9. The maximum atomic E-state index is 13.5. The normalized spacial score (nSPS) is 27.3. The number of nitrogens with one attached hydrogen (secondary N) is 1. The largest absolute Gasteiger partial charge is 0.416 e. The summed E-state index contributed by atoms with van der Waals surface area (Å²) in [6, 6.07) is 11.8. The molecule has 3 aliphatic rings. The van der Waals surface area contributed by atoms with E-state index in [0.29, 0.717) is 18.7 Å². The van der Waals surface area contributed by atoms with E-state index in [1.54, 1.807) is 0 Å². The smallest absolute Gasteiger partial charge is 0.367 e. The molecule has 9 heteroatoms. The molecule has 2 fully saturated rings. The lowest BCUT2D eigenvalue weighted by atomic mass is 9.64. The highest BCUT2D eigenvalue weighted by Gasteiger charge is 2.62. The van der Waals surface area contributed by atoms with Crippen molar-refractivity contribution in [3.8, 4) is 0 Å². The maximum Gasteiger partial charge on any atom is 0.416 e. The third-order valence-corrected chi connectivity index (χ3v) is 7.24. The number of benzene rings is 2. The number of fused-ring (bicyclic) bond motifs is 4. The van der Waals surface area contributed by atoms with Crippen LogP contribution in [-0.4, -0.2) is 42.4 Å². The maximum absolute atomic E-state index is 13.5. The molecule has 3 aliphatic heterocycles. The molecule has 0 saturated carbocycles. The molecule has 6 nitrogen and oxygen atoms in total. The van der Waals surface area contributed by atoms with Crippen LogP contribution in [-0.2, 0) is 22.2 Å². The lowest BCUT2D eigenvalue weighted by molar-refractivity contribution is -0.153. The summed E-state index contributed by atoms with van der Waals surface area (Å²) in [5, 5.41) is 2.26. The third-order valence-electron chi connectivity index (χ3n) is 7.24. The number of hydrogen-bond acceptors (Lipinski definition) is 4. The SMILES string of the molecule is CN1C(=O)NC(=O)[C@]2(Cc3cc(C(F)(F)F)ccc3N3CC[C@@H](c4ccccc4)C[C@H]32)C1=O. The first-order valence-electron chi connectivity index (χ1n) is 10.8. The number of piperidine rings is 1. The van der Waals surface area contributed by atoms with Gasteiger partial charge in [-0.3, -0.25) is 19.8 Å². The average molecular weight is 457 g/mol. The Morgan fingerprint density at radius 1 is 1.06 bits per heavy atom. The van der Waals surface area contributed by atoms with Crippen LogP contribution in [0.1, 0.15) is 35.4 Å². The van der Waals surface area contributed by atoms with Gasteiger partial charge in [0.25, 0.3) is 0 Å². The zero-order chi connectivity index (χ0) is 23.5. The first-order valence-corrected chi connectivity index (χ1v) is 10.8. The van der Waals surface area contributed by atoms with Crippen molar-refractivity contribution in [3.05, 3.63) is 65.2 Å². The van der Waals surface area contributed by atoms with Gasteiger partial charge >= 0.3 is 12.2 Å². The van der Waals surface area contributed by atoms with Crippen LogP contribution in [0.3, 0.4) is 0 Å². The van der Waals surface area contributed by atoms with Gasteiger partial charge in [-0.25, -0.2) is 4.79 Å². The number of imide groups is 2. The Balaban J connectivity index is 1.65. The van der Waals surface area contributed by atoms with Gasteiger partial charge in [-0.05, 0) is 54.5 Å². The fourth-order valence-electron chi connectivity index (χ4n) is 5.58. The molecular weight excluding hydrogens is 435 g/mol. The number of carbonyl (C=O) groups is 3. The summed E-state index contributed by atoms with van der Waals surface area (Å²) in [6.07, 6.45) is -3.56. The van der Waals surface area contributed by atoms with E-state index in [2.05, 4.69) is 5.32 Å². The van der Waals surface area contributed by atoms with Crippen molar-refractivity contribution in [2.24, 2.45) is 5.41 Å². The molecule has 4 amide bonds. The van der Waals surface area contributed by atoms with Crippen LogP contribution in [0.25, 0.3) is 0 Å². The standard InChI is InChI=1S/C24H22F3N3O3/c1-29-21(32)23(20(31)28-22(29)33)13-16-11-17(24(25,26)27)7-8-18(16)30-10-9-15(12-19(23)30)14-5-3-2-4-6-14/h2-8,11,15,19H,9-10,12-13H2,1H3,(H,28,31,33)/t15-,19+,23-/m1/s1. The van der Waals surface area contributed by atoms with Crippen molar-refractivity contribution >= 4 is 23.5 Å². The predicted octanol–water partition coefficient (Wildman–Crippen LogP) is 3.71. The highest BCUT2D eigenvalue weighted by Crippen LogP contribution is 2.50. The quantitative estimate of drug-likeness (QED) is 0.663. The molecule has 3 atom stereocenters. The van der Waals surface area contributed by atoms with E-state index >= 15 is 0 Å². The number of halogens is 3. The molecule has 0 radical (unpaired) electrons. The van der Waals surface area contributed by atoms with Crippen LogP contribution in [0.15, 0.2) is 48.5 Å². The molecule has 0 aliphatic carbocycles. The number of barbiturate groups is 1. The molecular formula is C24H22F3N3O3. The highest BCUT2D eigenvalue weighted by molar-refractivity contribution is 6.20. The summed E-state index contributed by atoms with van der Waals surface area (Å²) < 4.78 is 40.3. The summed E-state index contributed by atoms with van der Waals surface area (Å²) >= 11 is 0. The fraction of sp³-hybridized carbons (Fsp3) is 0.375. The van der Waals surface area contributed by atoms with Crippen LogP contribution >= 0.6 is 0 Å². The molecule has 1 N–H and O–H groups in total. The molecule has 0 aromatic heterocycles. The van der Waals surface area contributed by atoms with E-state index in [0.717, 1.165) is 29.0 Å². The molecule has 33 heavy (non-hydrogen) atoms. The first-order chi connectivity index (χ1) is 15.6. The minimum atomic E-state index is -4.55. The number of hydrogen-bond donors (Lipinski definition) is 1. The van der Waals surface area contributed by atoms with Crippen LogP contribution in [0.4, 0.5) is 23.7 Å². The van der Waals surface area contributed by atoms with Gasteiger partial charge in [0.05, 0.1) is 11.6 Å². The Bertz CT molecular complexity index is 1150. The van der Waals surface area contributed by atoms with Crippen LogP contribution in [0.5, 0.6) is 0 Å². The molecule has 2 aromatic rings. The topological polar surface area (TPSA) is 69.7 Å². The zero-order valence-corrected chi connectivity index (χ0v) is 17.9. The lowest BCUT2D eigenvalue weighted by Gasteiger charge is -2.54. The van der Waals surface area contributed by atoms with Gasteiger partial charge < -0.3 is 4.90 Å². The van der Waals surface area contributed by atoms with Crippen molar-refractivity contribution in [1.82, 2.24) is 10.2 Å². The number of anilines is 1. The Labute approximate surface area is 188 Å². The second kappa shape index (κ2) is 7.33. The minimum absolute atomic E-state index is 0.0730. The lowest BCUT2D eigenvalue weighted by Crippen LogP contribution is -2.72. The van der Waals surface area contributed by atoms with Gasteiger partial charge in [-0.15, -0.1) is 0 Å². The first kappa shape index (κ1) is 21.5. The van der Waals surface area contributed by atoms with Crippen LogP contribution < -0.4 is 10.2 Å². The molecule has 2 saturated heterocycles. The van der Waals surface area contributed by atoms with Crippen LogP contribution in [0, 0.1) is 5.41 Å². The second-order valence-electron chi connectivity index (χ2n) is 8.95. The summed E-state index contributed by atoms with van der Waals surface area (Å²) in [6.45, 7) is 0.475. The Morgan fingerprint density at radius 2 is 1.79 bits per heavy atom. The van der Waals surface area contributed by atoms with Gasteiger partial charge in [0.1, 0.15) is 0 Å². The van der Waals surface area contributed by atoms with E-state index in [9.17, 15) is 27.6 Å². The summed E-state index contributed by atoms with van der Waals surface area (Å²) in [7, 11) is 1.29. The van der Waals surface area contributed by atoms with Gasteiger partial charge in [-0.1, -0.05) is 30.3 Å². The molecule has 172 valence electrons. The number of rotatable bonds is 1. The highest BCUT2D eigenvalue weighted by atomic mass is 19.4. The average Bonchev–Trinajstić information content (AvgIpc) is 2.80. The van der Waals surface area contributed by atoms with E-state index in [1.165, 1.54) is 13.1 Å². The molecule has 2 aromatic carbocycles. The fourth-order valence-corrected chi connectivity index (χ4v) is 5.58. The third kappa shape index (κ3) is 3.20. The molecule has 5 rings (SSSR count). The minimum Gasteiger partial charge on any atom is -0.367 e. The van der Waals surface area contributed by atoms with Gasteiger partial charge in [-0.2, -0.15) is 13.2 Å². The monoisotopic (exact) mass is 457 g/mol. The predicted molar refractivity (Wildman–Crippen MR) is 113 cm³/mol. The van der Waals surface area contributed by atoms with E-state index in [-0.39, 0.29) is 17.9 Å². The van der Waals surface area contributed by atoms with Crippen molar-refractivity contribution in [1.29, 1.82) is 0 Å². The summed E-state index contributed by atoms with van der Waals surface area (Å²) in [4.78, 5) is 41.7. The van der Waals surface area contributed by atoms with Crippen LogP contribution in [0.2, 0.25) is 0 Å². The van der Waals surface area contributed by atoms with Gasteiger partial charge in [0, 0.05) is 19.3 Å².